The first-order chi connectivity index (χ1) is 7.02. The second kappa shape index (κ2) is 5.87. The lowest BCUT2D eigenvalue weighted by Gasteiger charge is -2.13. The Morgan fingerprint density at radius 1 is 1.67 bits per heavy atom. The average molecular weight is 311 g/mol. The SMILES string of the molecule is CC(C)C(Br)CNC(=O)c1sccc1Cl. The van der Waals surface area contributed by atoms with E-state index in [0.717, 1.165) is 0 Å². The van der Waals surface area contributed by atoms with Gasteiger partial charge in [-0.15, -0.1) is 11.3 Å². The number of carbonyl (C=O) groups is 1. The molecule has 0 bridgehead atoms. The number of carbonyl (C=O) groups excluding carboxylic acids is 1. The third-order valence-corrected chi connectivity index (χ3v) is 4.73. The molecule has 1 aromatic rings. The van der Waals surface area contributed by atoms with Gasteiger partial charge in [-0.2, -0.15) is 0 Å². The van der Waals surface area contributed by atoms with Crippen molar-refractivity contribution in [1.82, 2.24) is 5.32 Å². The second-order valence-electron chi connectivity index (χ2n) is 3.57. The summed E-state index contributed by atoms with van der Waals surface area (Å²) < 4.78 is 0. The summed E-state index contributed by atoms with van der Waals surface area (Å²) in [6.07, 6.45) is 0. The minimum Gasteiger partial charge on any atom is -0.350 e. The van der Waals surface area contributed by atoms with Crippen molar-refractivity contribution < 1.29 is 4.79 Å². The van der Waals surface area contributed by atoms with Gasteiger partial charge >= 0.3 is 0 Å². The molecule has 15 heavy (non-hydrogen) atoms. The summed E-state index contributed by atoms with van der Waals surface area (Å²) in [6.45, 7) is 4.82. The zero-order chi connectivity index (χ0) is 11.4. The van der Waals surface area contributed by atoms with E-state index in [-0.39, 0.29) is 5.91 Å². The number of amides is 1. The van der Waals surface area contributed by atoms with Gasteiger partial charge in [-0.1, -0.05) is 41.4 Å². The van der Waals surface area contributed by atoms with E-state index < -0.39 is 0 Å². The number of thiophene rings is 1. The molecule has 1 unspecified atom stereocenters. The number of alkyl halides is 1. The minimum absolute atomic E-state index is 0.0971. The van der Waals surface area contributed by atoms with Crippen LogP contribution in [0.15, 0.2) is 11.4 Å². The van der Waals surface area contributed by atoms with Gasteiger partial charge in [-0.3, -0.25) is 4.79 Å². The summed E-state index contributed by atoms with van der Waals surface area (Å²) in [6, 6.07) is 1.73. The molecule has 1 atom stereocenters. The highest BCUT2D eigenvalue weighted by Crippen LogP contribution is 2.21. The number of halogens is 2. The number of hydrogen-bond acceptors (Lipinski definition) is 2. The van der Waals surface area contributed by atoms with Crippen molar-refractivity contribution in [2.45, 2.75) is 18.7 Å². The molecule has 0 aromatic carbocycles. The summed E-state index contributed by atoms with van der Waals surface area (Å²) in [5.41, 5.74) is 0. The molecule has 1 heterocycles. The van der Waals surface area contributed by atoms with E-state index in [1.54, 1.807) is 6.07 Å². The summed E-state index contributed by atoms with van der Waals surface area (Å²) >= 11 is 10.7. The Morgan fingerprint density at radius 2 is 2.33 bits per heavy atom. The van der Waals surface area contributed by atoms with Crippen molar-refractivity contribution in [1.29, 1.82) is 0 Å². The first-order valence-corrected chi connectivity index (χ1v) is 6.85. The zero-order valence-corrected chi connectivity index (χ0v) is 11.7. The van der Waals surface area contributed by atoms with Crippen LogP contribution in [0.5, 0.6) is 0 Å². The van der Waals surface area contributed by atoms with Gasteiger partial charge < -0.3 is 5.32 Å². The van der Waals surface area contributed by atoms with Crippen LogP contribution in [0.3, 0.4) is 0 Å². The smallest absolute Gasteiger partial charge is 0.262 e. The highest BCUT2D eigenvalue weighted by atomic mass is 79.9. The molecule has 1 N–H and O–H groups in total. The van der Waals surface area contributed by atoms with E-state index in [4.69, 9.17) is 11.6 Å². The molecule has 1 amide bonds. The molecule has 5 heteroatoms. The average Bonchev–Trinajstić information content (AvgIpc) is 2.60. The first kappa shape index (κ1) is 13.0. The molecule has 2 nitrogen and oxygen atoms in total. The van der Waals surface area contributed by atoms with Crippen molar-refractivity contribution in [3.63, 3.8) is 0 Å². The molecular weight excluding hydrogens is 298 g/mol. The molecule has 0 spiro atoms. The number of nitrogens with one attached hydrogen (secondary N) is 1. The van der Waals surface area contributed by atoms with Crippen molar-refractivity contribution in [2.75, 3.05) is 6.54 Å². The minimum atomic E-state index is -0.0971. The summed E-state index contributed by atoms with van der Waals surface area (Å²) in [5, 5.41) is 5.18. The van der Waals surface area contributed by atoms with E-state index in [0.29, 0.717) is 27.2 Å². The van der Waals surface area contributed by atoms with E-state index in [9.17, 15) is 4.79 Å². The van der Waals surface area contributed by atoms with Gasteiger partial charge in [0.05, 0.1) is 5.02 Å². The van der Waals surface area contributed by atoms with Crippen LogP contribution in [-0.4, -0.2) is 17.3 Å². The Balaban J connectivity index is 2.47. The maximum Gasteiger partial charge on any atom is 0.262 e. The van der Waals surface area contributed by atoms with Crippen molar-refractivity contribution >= 4 is 44.8 Å². The Hall–Kier alpha value is -0.0600. The molecule has 84 valence electrons. The normalized spacial score (nSPS) is 12.9. The third kappa shape index (κ3) is 3.78. The van der Waals surface area contributed by atoms with Crippen LogP contribution in [0.4, 0.5) is 0 Å². The Labute approximate surface area is 107 Å². The molecule has 0 aliphatic heterocycles. The second-order valence-corrected chi connectivity index (χ2v) is 6.07. The van der Waals surface area contributed by atoms with Gasteiger partial charge in [0, 0.05) is 11.4 Å². The molecule has 0 fully saturated rings. The van der Waals surface area contributed by atoms with Gasteiger partial charge in [-0.25, -0.2) is 0 Å². The fourth-order valence-corrected chi connectivity index (χ4v) is 2.18. The lowest BCUT2D eigenvalue weighted by atomic mass is 10.1. The monoisotopic (exact) mass is 309 g/mol. The lowest BCUT2D eigenvalue weighted by molar-refractivity contribution is 0.0957. The van der Waals surface area contributed by atoms with Gasteiger partial charge in [0.1, 0.15) is 4.88 Å². The van der Waals surface area contributed by atoms with Crippen LogP contribution in [0.2, 0.25) is 5.02 Å². The predicted octanol–water partition coefficient (Wildman–Crippen LogP) is 3.55. The molecule has 0 radical (unpaired) electrons. The third-order valence-electron chi connectivity index (χ3n) is 2.00. The first-order valence-electron chi connectivity index (χ1n) is 4.67. The van der Waals surface area contributed by atoms with Gasteiger partial charge in [-0.05, 0) is 17.4 Å². The largest absolute Gasteiger partial charge is 0.350 e. The highest BCUT2D eigenvalue weighted by molar-refractivity contribution is 9.09. The molecule has 0 aliphatic rings. The topological polar surface area (TPSA) is 29.1 Å². The van der Waals surface area contributed by atoms with E-state index in [1.165, 1.54) is 11.3 Å². The maximum atomic E-state index is 11.6. The fourth-order valence-electron chi connectivity index (χ4n) is 0.962. The molecule has 0 saturated carbocycles. The quantitative estimate of drug-likeness (QED) is 0.847. The van der Waals surface area contributed by atoms with Crippen LogP contribution in [-0.2, 0) is 0 Å². The van der Waals surface area contributed by atoms with Crippen molar-refractivity contribution in [3.05, 3.63) is 21.3 Å². The van der Waals surface area contributed by atoms with Crippen LogP contribution in [0.1, 0.15) is 23.5 Å². The van der Waals surface area contributed by atoms with E-state index >= 15 is 0 Å². The predicted molar refractivity (Wildman–Crippen MR) is 69.2 cm³/mol. The fraction of sp³-hybridized carbons (Fsp3) is 0.500. The van der Waals surface area contributed by atoms with Crippen molar-refractivity contribution in [3.8, 4) is 0 Å². The Kier molecular flexibility index (Phi) is 5.09. The van der Waals surface area contributed by atoms with Crippen molar-refractivity contribution in [2.24, 2.45) is 5.92 Å². The Bertz CT molecular complexity index is 340. The lowest BCUT2D eigenvalue weighted by Crippen LogP contribution is -2.31. The van der Waals surface area contributed by atoms with Crippen LogP contribution in [0.25, 0.3) is 0 Å². The Morgan fingerprint density at radius 3 is 2.80 bits per heavy atom. The number of hydrogen-bond donors (Lipinski definition) is 1. The van der Waals surface area contributed by atoms with E-state index in [2.05, 4.69) is 35.1 Å². The van der Waals surface area contributed by atoms with E-state index in [1.807, 2.05) is 5.38 Å². The molecule has 1 rings (SSSR count). The van der Waals surface area contributed by atoms with Crippen LogP contribution < -0.4 is 5.32 Å². The van der Waals surface area contributed by atoms with Crippen LogP contribution in [0, 0.1) is 5.92 Å². The zero-order valence-electron chi connectivity index (χ0n) is 8.59. The van der Waals surface area contributed by atoms with Crippen LogP contribution >= 0.6 is 38.9 Å². The molecular formula is C10H13BrClNOS. The summed E-state index contributed by atoms with van der Waals surface area (Å²) in [7, 11) is 0. The van der Waals surface area contributed by atoms with Gasteiger partial charge in [0.2, 0.25) is 0 Å². The van der Waals surface area contributed by atoms with Gasteiger partial charge in [0.25, 0.3) is 5.91 Å². The summed E-state index contributed by atoms with van der Waals surface area (Å²) in [5.74, 6) is 0.393. The molecule has 0 aliphatic carbocycles. The number of rotatable bonds is 4. The molecule has 1 aromatic heterocycles. The molecule has 0 saturated heterocycles. The van der Waals surface area contributed by atoms with Gasteiger partial charge in [0.15, 0.2) is 0 Å². The highest BCUT2D eigenvalue weighted by Gasteiger charge is 2.14. The standard InChI is InChI=1S/C10H13BrClNOS/c1-6(2)7(11)5-13-10(14)9-8(12)3-4-15-9/h3-4,6-7H,5H2,1-2H3,(H,13,14). The summed E-state index contributed by atoms with van der Waals surface area (Å²) in [4.78, 5) is 12.5. The maximum absolute atomic E-state index is 11.6.